The third-order valence-electron chi connectivity index (χ3n) is 4.07. The molecule has 3 N–H and O–H groups in total. The smallest absolute Gasteiger partial charge is 0.239 e. The molecule has 0 bridgehead atoms. The van der Waals surface area contributed by atoms with Crippen LogP contribution in [0.4, 0.5) is 14.5 Å². The Morgan fingerprint density at radius 2 is 1.92 bits per heavy atom. The van der Waals surface area contributed by atoms with Crippen LogP contribution in [0.5, 0.6) is 5.75 Å². The number of anilines is 1. The summed E-state index contributed by atoms with van der Waals surface area (Å²) >= 11 is 6.14. The quantitative estimate of drug-likeness (QED) is 0.656. The molecule has 0 aliphatic carbocycles. The fourth-order valence-electron chi connectivity index (χ4n) is 2.57. The van der Waals surface area contributed by atoms with Crippen molar-refractivity contribution in [3.8, 4) is 5.75 Å². The Kier molecular flexibility index (Phi) is 6.42. The molecule has 2 aromatic carbocycles. The molecule has 26 heavy (non-hydrogen) atoms. The van der Waals surface area contributed by atoms with Gasteiger partial charge in [-0.25, -0.2) is 8.78 Å². The Balaban J connectivity index is 2.32. The number of halogens is 3. The number of aromatic hydroxyl groups is 1. The monoisotopic (exact) mass is 382 g/mol. The maximum absolute atomic E-state index is 14.5. The van der Waals surface area contributed by atoms with E-state index < -0.39 is 11.6 Å². The molecule has 2 aromatic rings. The van der Waals surface area contributed by atoms with E-state index in [1.807, 2.05) is 13.8 Å². The number of carbonyl (C=O) groups excluding carboxylic acids is 1. The molecule has 0 heterocycles. The molecule has 0 fully saturated rings. The zero-order chi connectivity index (χ0) is 19.4. The van der Waals surface area contributed by atoms with Crippen molar-refractivity contribution < 1.29 is 18.7 Å². The van der Waals surface area contributed by atoms with Crippen molar-refractivity contribution in [2.24, 2.45) is 0 Å². The highest BCUT2D eigenvalue weighted by Crippen LogP contribution is 2.32. The molecular weight excluding hydrogens is 362 g/mol. The Hall–Kier alpha value is -2.34. The summed E-state index contributed by atoms with van der Waals surface area (Å²) in [6.07, 6.45) is 0.0807. The van der Waals surface area contributed by atoms with Crippen LogP contribution in [0, 0.1) is 11.6 Å². The lowest BCUT2D eigenvalue weighted by atomic mass is 9.96. The van der Waals surface area contributed by atoms with Crippen molar-refractivity contribution in [3.63, 3.8) is 0 Å². The number of amides is 1. The summed E-state index contributed by atoms with van der Waals surface area (Å²) in [5, 5.41) is 14.8. The zero-order valence-electron chi connectivity index (χ0n) is 14.8. The van der Waals surface area contributed by atoms with Gasteiger partial charge >= 0.3 is 0 Å². The lowest BCUT2D eigenvalue weighted by molar-refractivity contribution is -0.118. The second kappa shape index (κ2) is 8.36. The molecule has 0 atom stereocenters. The lowest BCUT2D eigenvalue weighted by Crippen LogP contribution is -2.26. The van der Waals surface area contributed by atoms with Crippen LogP contribution in [0.1, 0.15) is 36.5 Å². The average molecular weight is 383 g/mol. The van der Waals surface area contributed by atoms with Gasteiger partial charge in [0.05, 0.1) is 12.2 Å². The highest BCUT2D eigenvalue weighted by Gasteiger charge is 2.19. The van der Waals surface area contributed by atoms with Crippen molar-refractivity contribution in [2.45, 2.75) is 26.2 Å². The normalized spacial score (nSPS) is 10.9. The van der Waals surface area contributed by atoms with Crippen LogP contribution < -0.4 is 10.6 Å². The summed E-state index contributed by atoms with van der Waals surface area (Å²) in [7, 11) is 1.44. The van der Waals surface area contributed by atoms with Gasteiger partial charge in [-0.2, -0.15) is 0 Å². The van der Waals surface area contributed by atoms with Crippen molar-refractivity contribution in [1.82, 2.24) is 5.32 Å². The minimum Gasteiger partial charge on any atom is -0.508 e. The molecule has 0 aromatic heterocycles. The van der Waals surface area contributed by atoms with E-state index in [4.69, 9.17) is 11.6 Å². The molecule has 0 aliphatic rings. The molecule has 0 aliphatic heterocycles. The van der Waals surface area contributed by atoms with Crippen LogP contribution in [0.25, 0.3) is 0 Å². The van der Waals surface area contributed by atoms with E-state index in [2.05, 4.69) is 10.6 Å². The van der Waals surface area contributed by atoms with E-state index in [0.29, 0.717) is 5.56 Å². The van der Waals surface area contributed by atoms with Gasteiger partial charge in [-0.15, -0.1) is 0 Å². The van der Waals surface area contributed by atoms with Crippen LogP contribution in [-0.2, 0) is 11.2 Å². The Bertz CT molecular complexity index is 826. The summed E-state index contributed by atoms with van der Waals surface area (Å²) in [6, 6.07) is 6.20. The first-order valence-corrected chi connectivity index (χ1v) is 8.55. The summed E-state index contributed by atoms with van der Waals surface area (Å²) in [5.41, 5.74) is 1.28. The topological polar surface area (TPSA) is 61.4 Å². The fraction of sp³-hybridized carbons (Fsp3) is 0.316. The number of nitrogens with one attached hydrogen (secondary N) is 2. The lowest BCUT2D eigenvalue weighted by Gasteiger charge is -2.14. The summed E-state index contributed by atoms with van der Waals surface area (Å²) < 4.78 is 28.8. The van der Waals surface area contributed by atoms with E-state index >= 15 is 0 Å². The maximum Gasteiger partial charge on any atom is 0.239 e. The molecule has 0 saturated carbocycles. The second-order valence-corrected chi connectivity index (χ2v) is 6.67. The molecule has 7 heteroatoms. The predicted octanol–water partition coefficient (Wildman–Crippen LogP) is 4.20. The average Bonchev–Trinajstić information content (AvgIpc) is 2.61. The maximum atomic E-state index is 14.5. The molecule has 0 unspecified atom stereocenters. The minimum atomic E-state index is -1.09. The molecule has 0 spiro atoms. The number of phenols is 1. The van der Waals surface area contributed by atoms with Crippen LogP contribution in [-0.4, -0.2) is 24.6 Å². The van der Waals surface area contributed by atoms with Gasteiger partial charge in [0.25, 0.3) is 0 Å². The molecule has 4 nitrogen and oxygen atoms in total. The Morgan fingerprint density at radius 3 is 2.54 bits per heavy atom. The number of carbonyl (C=O) groups is 1. The highest BCUT2D eigenvalue weighted by atomic mass is 35.5. The zero-order valence-corrected chi connectivity index (χ0v) is 15.5. The van der Waals surface area contributed by atoms with Crippen LogP contribution in [0.15, 0.2) is 24.3 Å². The van der Waals surface area contributed by atoms with Crippen LogP contribution in [0.2, 0.25) is 5.02 Å². The first-order chi connectivity index (χ1) is 12.2. The van der Waals surface area contributed by atoms with Crippen molar-refractivity contribution in [1.29, 1.82) is 0 Å². The number of hydrogen-bond acceptors (Lipinski definition) is 3. The number of likely N-dealkylation sites (N-methyl/N-ethyl adjacent to an activating group) is 1. The van der Waals surface area contributed by atoms with Gasteiger partial charge in [0.2, 0.25) is 5.91 Å². The summed E-state index contributed by atoms with van der Waals surface area (Å²) in [6.45, 7) is 3.66. The van der Waals surface area contributed by atoms with Gasteiger partial charge < -0.3 is 15.7 Å². The minimum absolute atomic E-state index is 0.0232. The first kappa shape index (κ1) is 20.0. The number of hydrogen-bond donors (Lipinski definition) is 3. The predicted molar refractivity (Wildman–Crippen MR) is 98.9 cm³/mol. The third kappa shape index (κ3) is 4.43. The molecule has 1 amide bonds. The number of benzene rings is 2. The number of phenolic OH excluding ortho intramolecular Hbond substituents is 1. The SMILES string of the molecule is CNC(=O)CNc1cc(Cl)c(Cc2ccc(O)c(C(C)C)c2)c(F)c1F. The Morgan fingerprint density at radius 1 is 1.23 bits per heavy atom. The summed E-state index contributed by atoms with van der Waals surface area (Å²) in [4.78, 5) is 11.2. The molecule has 2 rings (SSSR count). The van der Waals surface area contributed by atoms with Crippen molar-refractivity contribution >= 4 is 23.2 Å². The van der Waals surface area contributed by atoms with Gasteiger partial charge in [0.15, 0.2) is 11.6 Å². The van der Waals surface area contributed by atoms with E-state index in [0.717, 1.165) is 5.56 Å². The molecule has 0 saturated heterocycles. The largest absolute Gasteiger partial charge is 0.508 e. The Labute approximate surface area is 156 Å². The molecule has 0 radical (unpaired) electrons. The van der Waals surface area contributed by atoms with E-state index in [1.54, 1.807) is 12.1 Å². The van der Waals surface area contributed by atoms with Gasteiger partial charge in [0, 0.05) is 24.1 Å². The van der Waals surface area contributed by atoms with E-state index in [-0.39, 0.29) is 46.8 Å². The van der Waals surface area contributed by atoms with Crippen molar-refractivity contribution in [2.75, 3.05) is 18.9 Å². The van der Waals surface area contributed by atoms with E-state index in [9.17, 15) is 18.7 Å². The highest BCUT2D eigenvalue weighted by molar-refractivity contribution is 6.31. The molecule has 140 valence electrons. The van der Waals surface area contributed by atoms with Crippen LogP contribution >= 0.6 is 11.6 Å². The van der Waals surface area contributed by atoms with Gasteiger partial charge in [-0.05, 0) is 29.2 Å². The van der Waals surface area contributed by atoms with Gasteiger partial charge in [0.1, 0.15) is 5.75 Å². The number of rotatable bonds is 6. The van der Waals surface area contributed by atoms with Crippen molar-refractivity contribution in [3.05, 3.63) is 57.6 Å². The standard InChI is InChI=1S/C19H21ClF2N2O2/c1-10(2)12-6-11(4-5-16(12)25)7-13-14(20)8-15(19(22)18(13)21)24-9-17(26)23-3/h4-6,8,10,24-25H,7,9H2,1-3H3,(H,23,26). The van der Waals surface area contributed by atoms with Crippen LogP contribution in [0.3, 0.4) is 0 Å². The third-order valence-corrected chi connectivity index (χ3v) is 4.40. The second-order valence-electron chi connectivity index (χ2n) is 6.26. The summed E-state index contributed by atoms with van der Waals surface area (Å²) in [5.74, 6) is -2.26. The first-order valence-electron chi connectivity index (χ1n) is 8.17. The van der Waals surface area contributed by atoms with Gasteiger partial charge in [-0.1, -0.05) is 37.6 Å². The van der Waals surface area contributed by atoms with Gasteiger partial charge in [-0.3, -0.25) is 4.79 Å². The molecular formula is C19H21ClF2N2O2. The fourth-order valence-corrected chi connectivity index (χ4v) is 2.83. The van der Waals surface area contributed by atoms with E-state index in [1.165, 1.54) is 19.2 Å².